The zero-order chi connectivity index (χ0) is 19.1. The average molecular weight is 355 g/mol. The van der Waals surface area contributed by atoms with Crippen LogP contribution in [0.1, 0.15) is 19.4 Å². The van der Waals surface area contributed by atoms with Gasteiger partial charge in [0.1, 0.15) is 5.75 Å². The summed E-state index contributed by atoms with van der Waals surface area (Å²) in [5, 5.41) is 2.97. The highest BCUT2D eigenvalue weighted by atomic mass is 16.5. The van der Waals surface area contributed by atoms with Crippen molar-refractivity contribution < 1.29 is 9.53 Å². The topological polar surface area (TPSA) is 44.8 Å². The van der Waals surface area contributed by atoms with Crippen molar-refractivity contribution in [1.29, 1.82) is 0 Å². The molecule has 0 fully saturated rings. The quantitative estimate of drug-likeness (QED) is 0.786. The van der Waals surface area contributed by atoms with E-state index in [0.717, 1.165) is 13.1 Å². The first-order valence-electron chi connectivity index (χ1n) is 8.90. The van der Waals surface area contributed by atoms with Gasteiger partial charge in [0.2, 0.25) is 5.91 Å². The fraction of sp³-hybridized carbons (Fsp3) is 0.381. The van der Waals surface area contributed by atoms with Crippen LogP contribution in [0, 0.1) is 0 Å². The Morgan fingerprint density at radius 1 is 1.12 bits per heavy atom. The van der Waals surface area contributed by atoms with Crippen LogP contribution in [-0.4, -0.2) is 44.6 Å². The molecule has 2 aromatic carbocycles. The number of rotatable bonds is 8. The Labute approximate surface area is 156 Å². The van der Waals surface area contributed by atoms with Crippen molar-refractivity contribution in [2.75, 3.05) is 38.0 Å². The van der Waals surface area contributed by atoms with Crippen molar-refractivity contribution in [3.05, 3.63) is 54.1 Å². The van der Waals surface area contributed by atoms with Gasteiger partial charge >= 0.3 is 0 Å². The predicted molar refractivity (Wildman–Crippen MR) is 108 cm³/mol. The van der Waals surface area contributed by atoms with E-state index in [-0.39, 0.29) is 11.9 Å². The Morgan fingerprint density at radius 2 is 1.77 bits per heavy atom. The molecular formula is C21H29N3O2. The molecule has 0 aliphatic heterocycles. The van der Waals surface area contributed by atoms with Crippen molar-refractivity contribution in [3.8, 4) is 5.75 Å². The summed E-state index contributed by atoms with van der Waals surface area (Å²) in [5.41, 5.74) is 3.05. The van der Waals surface area contributed by atoms with Crippen molar-refractivity contribution >= 4 is 17.3 Å². The molecule has 5 heteroatoms. The molecule has 26 heavy (non-hydrogen) atoms. The number of likely N-dealkylation sites (N-methyl/N-ethyl adjacent to an activating group) is 1. The van der Waals surface area contributed by atoms with Crippen molar-refractivity contribution in [3.63, 3.8) is 0 Å². The van der Waals surface area contributed by atoms with Crippen LogP contribution in [0.15, 0.2) is 48.5 Å². The van der Waals surface area contributed by atoms with E-state index in [1.54, 1.807) is 7.11 Å². The number of para-hydroxylation sites is 2. The molecule has 2 rings (SSSR count). The second-order valence-electron chi connectivity index (χ2n) is 6.49. The lowest BCUT2D eigenvalue weighted by molar-refractivity contribution is -0.120. The molecular weight excluding hydrogens is 326 g/mol. The summed E-state index contributed by atoms with van der Waals surface area (Å²) in [7, 11) is 5.65. The number of methoxy groups -OCH3 is 1. The normalized spacial score (nSPS) is 11.9. The number of hydrogen-bond acceptors (Lipinski definition) is 4. The third kappa shape index (κ3) is 4.99. The van der Waals surface area contributed by atoms with E-state index >= 15 is 0 Å². The minimum Gasteiger partial charge on any atom is -0.495 e. The third-order valence-electron chi connectivity index (χ3n) is 4.54. The third-order valence-corrected chi connectivity index (χ3v) is 4.54. The van der Waals surface area contributed by atoms with Gasteiger partial charge in [-0.25, -0.2) is 0 Å². The molecule has 140 valence electrons. The van der Waals surface area contributed by atoms with Gasteiger partial charge in [-0.1, -0.05) is 31.2 Å². The number of benzene rings is 2. The zero-order valence-corrected chi connectivity index (χ0v) is 16.3. The van der Waals surface area contributed by atoms with Crippen LogP contribution in [0.25, 0.3) is 0 Å². The van der Waals surface area contributed by atoms with Crippen LogP contribution in [0.2, 0.25) is 0 Å². The van der Waals surface area contributed by atoms with E-state index in [1.807, 2.05) is 45.3 Å². The van der Waals surface area contributed by atoms with E-state index < -0.39 is 0 Å². The van der Waals surface area contributed by atoms with Crippen LogP contribution < -0.4 is 15.0 Å². The molecule has 2 aromatic rings. The Bertz CT molecular complexity index is 713. The van der Waals surface area contributed by atoms with Gasteiger partial charge in [-0.3, -0.25) is 9.69 Å². The van der Waals surface area contributed by atoms with E-state index in [0.29, 0.717) is 11.4 Å². The molecule has 0 heterocycles. The van der Waals surface area contributed by atoms with Gasteiger partial charge in [-0.05, 0) is 43.3 Å². The SMILES string of the molecule is CCN(Cc1ccc(N(C)C)cc1)[C@H](C)C(=O)Nc1ccccc1OC. The Morgan fingerprint density at radius 3 is 2.35 bits per heavy atom. The highest BCUT2D eigenvalue weighted by Crippen LogP contribution is 2.23. The van der Waals surface area contributed by atoms with E-state index in [4.69, 9.17) is 4.74 Å². The zero-order valence-electron chi connectivity index (χ0n) is 16.3. The number of carbonyl (C=O) groups is 1. The van der Waals surface area contributed by atoms with Crippen LogP contribution in [0.4, 0.5) is 11.4 Å². The fourth-order valence-corrected chi connectivity index (χ4v) is 2.81. The van der Waals surface area contributed by atoms with Crippen LogP contribution in [0.5, 0.6) is 5.75 Å². The summed E-state index contributed by atoms with van der Waals surface area (Å²) in [6, 6.07) is 15.6. The van der Waals surface area contributed by atoms with E-state index in [1.165, 1.54) is 11.3 Å². The molecule has 0 radical (unpaired) electrons. The molecule has 0 saturated carbocycles. The predicted octanol–water partition coefficient (Wildman–Crippen LogP) is 3.61. The molecule has 0 bridgehead atoms. The number of nitrogens with zero attached hydrogens (tertiary/aromatic N) is 2. The second-order valence-corrected chi connectivity index (χ2v) is 6.49. The van der Waals surface area contributed by atoms with Crippen molar-refractivity contribution in [1.82, 2.24) is 4.90 Å². The lowest BCUT2D eigenvalue weighted by Crippen LogP contribution is -2.41. The van der Waals surface area contributed by atoms with Crippen molar-refractivity contribution in [2.45, 2.75) is 26.4 Å². The maximum absolute atomic E-state index is 12.7. The number of hydrogen-bond donors (Lipinski definition) is 1. The summed E-state index contributed by atoms with van der Waals surface area (Å²) < 4.78 is 5.31. The first kappa shape index (κ1) is 19.8. The number of carbonyl (C=O) groups excluding carboxylic acids is 1. The molecule has 0 unspecified atom stereocenters. The maximum Gasteiger partial charge on any atom is 0.241 e. The number of ether oxygens (including phenoxy) is 1. The van der Waals surface area contributed by atoms with E-state index in [2.05, 4.69) is 46.3 Å². The monoisotopic (exact) mass is 355 g/mol. The van der Waals surface area contributed by atoms with Gasteiger partial charge in [-0.15, -0.1) is 0 Å². The first-order valence-corrected chi connectivity index (χ1v) is 8.90. The highest BCUT2D eigenvalue weighted by molar-refractivity contribution is 5.95. The minimum absolute atomic E-state index is 0.0405. The van der Waals surface area contributed by atoms with Gasteiger partial charge < -0.3 is 15.0 Å². The summed E-state index contributed by atoms with van der Waals surface area (Å²) in [5.74, 6) is 0.622. The molecule has 0 saturated heterocycles. The number of nitrogens with one attached hydrogen (secondary N) is 1. The Hall–Kier alpha value is -2.53. The number of amides is 1. The molecule has 0 aliphatic carbocycles. The summed E-state index contributed by atoms with van der Waals surface area (Å²) in [6.45, 7) is 5.52. The van der Waals surface area contributed by atoms with Crippen LogP contribution >= 0.6 is 0 Å². The van der Waals surface area contributed by atoms with Gasteiger partial charge in [-0.2, -0.15) is 0 Å². The van der Waals surface area contributed by atoms with Gasteiger partial charge in [0.05, 0.1) is 18.8 Å². The summed E-state index contributed by atoms with van der Waals surface area (Å²) >= 11 is 0. The Balaban J connectivity index is 2.04. The minimum atomic E-state index is -0.251. The molecule has 5 nitrogen and oxygen atoms in total. The lowest BCUT2D eigenvalue weighted by Gasteiger charge is -2.27. The second kappa shape index (κ2) is 9.25. The van der Waals surface area contributed by atoms with E-state index in [9.17, 15) is 4.79 Å². The summed E-state index contributed by atoms with van der Waals surface area (Å²) in [4.78, 5) is 16.9. The van der Waals surface area contributed by atoms with Gasteiger partial charge in [0.15, 0.2) is 0 Å². The fourth-order valence-electron chi connectivity index (χ4n) is 2.81. The largest absolute Gasteiger partial charge is 0.495 e. The average Bonchev–Trinajstić information content (AvgIpc) is 2.66. The van der Waals surface area contributed by atoms with Gasteiger partial charge in [0.25, 0.3) is 0 Å². The lowest BCUT2D eigenvalue weighted by atomic mass is 10.1. The molecule has 0 aromatic heterocycles. The highest BCUT2D eigenvalue weighted by Gasteiger charge is 2.21. The standard InChI is InChI=1S/C21H29N3O2/c1-6-24(15-17-11-13-18(14-12-17)23(3)4)16(2)21(25)22-19-9-7-8-10-20(19)26-5/h7-14,16H,6,15H2,1-5H3,(H,22,25)/t16-/m1/s1. The first-order chi connectivity index (χ1) is 12.5. The van der Waals surface area contributed by atoms with Gasteiger partial charge in [0, 0.05) is 26.3 Å². The number of anilines is 2. The van der Waals surface area contributed by atoms with Crippen LogP contribution in [-0.2, 0) is 11.3 Å². The Kier molecular flexibility index (Phi) is 7.04. The smallest absolute Gasteiger partial charge is 0.241 e. The summed E-state index contributed by atoms with van der Waals surface area (Å²) in [6.07, 6.45) is 0. The maximum atomic E-state index is 12.7. The molecule has 0 spiro atoms. The molecule has 1 amide bonds. The van der Waals surface area contributed by atoms with Crippen molar-refractivity contribution in [2.24, 2.45) is 0 Å². The molecule has 1 N–H and O–H groups in total. The van der Waals surface area contributed by atoms with Crippen LogP contribution in [0.3, 0.4) is 0 Å². The molecule has 1 atom stereocenters. The molecule has 0 aliphatic rings.